The summed E-state index contributed by atoms with van der Waals surface area (Å²) < 4.78 is 0. The molecule has 0 bridgehead atoms. The molecule has 1 rings (SSSR count). The van der Waals surface area contributed by atoms with Crippen molar-refractivity contribution in [3.63, 3.8) is 0 Å². The standard InChI is InChI=1S/C13H22N3O.K/c14-10-4-2-1-3-5-11-17-16-13-8-6-12(15)7-9-13;/h6-9H,1-5,10-11,14-15H2;/q-1;+1. The minimum Gasteiger partial charge on any atom is -0.562 e. The predicted octanol–water partition coefficient (Wildman–Crippen LogP) is 0.119. The molecule has 0 aliphatic carbocycles. The van der Waals surface area contributed by atoms with E-state index in [0.717, 1.165) is 30.8 Å². The predicted molar refractivity (Wildman–Crippen MR) is 72.0 cm³/mol. The van der Waals surface area contributed by atoms with Crippen molar-refractivity contribution in [2.24, 2.45) is 5.73 Å². The molecule has 18 heavy (non-hydrogen) atoms. The summed E-state index contributed by atoms with van der Waals surface area (Å²) in [6.45, 7) is 1.47. The first kappa shape index (κ1) is 18.4. The molecule has 0 amide bonds. The molecule has 0 unspecified atom stereocenters. The fourth-order valence-electron chi connectivity index (χ4n) is 1.50. The number of unbranched alkanes of at least 4 members (excludes halogenated alkanes) is 4. The molecule has 96 valence electrons. The molecule has 0 aliphatic rings. The zero-order valence-electron chi connectivity index (χ0n) is 11.3. The number of nitrogens with zero attached hydrogens (tertiary/aromatic N) is 1. The zero-order valence-corrected chi connectivity index (χ0v) is 14.4. The molecule has 0 spiro atoms. The number of hydrogen-bond acceptors (Lipinski definition) is 3. The summed E-state index contributed by atoms with van der Waals surface area (Å²) in [5.41, 5.74) is 16.5. The first-order valence-electron chi connectivity index (χ1n) is 6.21. The molecular formula is C13H22KN3O. The van der Waals surface area contributed by atoms with Gasteiger partial charge < -0.3 is 21.8 Å². The van der Waals surface area contributed by atoms with Crippen LogP contribution in [-0.4, -0.2) is 13.2 Å². The molecule has 4 N–H and O–H groups in total. The molecule has 1 aromatic carbocycles. The van der Waals surface area contributed by atoms with Gasteiger partial charge in [0.05, 0.1) is 0 Å². The average molecular weight is 275 g/mol. The van der Waals surface area contributed by atoms with Gasteiger partial charge >= 0.3 is 51.4 Å². The van der Waals surface area contributed by atoms with Gasteiger partial charge in [-0.3, -0.25) is 0 Å². The van der Waals surface area contributed by atoms with E-state index in [4.69, 9.17) is 16.3 Å². The van der Waals surface area contributed by atoms with Crippen LogP contribution in [0.2, 0.25) is 0 Å². The second-order valence-electron chi connectivity index (χ2n) is 4.07. The summed E-state index contributed by atoms with van der Waals surface area (Å²) in [6.07, 6.45) is 5.78. The molecule has 5 heteroatoms. The van der Waals surface area contributed by atoms with Crippen LogP contribution < -0.4 is 62.9 Å². The van der Waals surface area contributed by atoms with E-state index in [2.05, 4.69) is 5.48 Å². The molecule has 0 saturated carbocycles. The van der Waals surface area contributed by atoms with Crippen molar-refractivity contribution in [1.29, 1.82) is 0 Å². The molecule has 4 nitrogen and oxygen atoms in total. The fraction of sp³-hybridized carbons (Fsp3) is 0.538. The van der Waals surface area contributed by atoms with Gasteiger partial charge in [-0.05, 0) is 31.5 Å². The smallest absolute Gasteiger partial charge is 0.562 e. The molecule has 0 heterocycles. The third-order valence-electron chi connectivity index (χ3n) is 2.50. The Morgan fingerprint density at radius 2 is 1.56 bits per heavy atom. The first-order chi connectivity index (χ1) is 8.33. The van der Waals surface area contributed by atoms with Gasteiger partial charge in [-0.25, -0.2) is 0 Å². The molecule has 0 saturated heterocycles. The summed E-state index contributed by atoms with van der Waals surface area (Å²) in [5.74, 6) is 0. The quantitative estimate of drug-likeness (QED) is 0.291. The van der Waals surface area contributed by atoms with Crippen LogP contribution in [0.3, 0.4) is 0 Å². The normalized spacial score (nSPS) is 9.83. The van der Waals surface area contributed by atoms with Crippen LogP contribution in [0.1, 0.15) is 32.1 Å². The Morgan fingerprint density at radius 1 is 0.944 bits per heavy atom. The van der Waals surface area contributed by atoms with Gasteiger partial charge in [-0.2, -0.15) is 0 Å². The number of benzene rings is 1. The third kappa shape index (κ3) is 9.33. The van der Waals surface area contributed by atoms with Crippen molar-refractivity contribution in [2.75, 3.05) is 18.9 Å². The van der Waals surface area contributed by atoms with Crippen LogP contribution in [0, 0.1) is 0 Å². The van der Waals surface area contributed by atoms with Crippen LogP contribution in [0.15, 0.2) is 24.3 Å². The van der Waals surface area contributed by atoms with E-state index in [0.29, 0.717) is 6.61 Å². The average Bonchev–Trinajstić information content (AvgIpc) is 2.35. The van der Waals surface area contributed by atoms with Gasteiger partial charge in [-0.15, -0.1) is 5.69 Å². The molecule has 0 aliphatic heterocycles. The van der Waals surface area contributed by atoms with E-state index in [1.54, 1.807) is 0 Å². The topological polar surface area (TPSA) is 75.4 Å². The Balaban J connectivity index is 0.00000289. The summed E-state index contributed by atoms with van der Waals surface area (Å²) in [6, 6.07) is 7.32. The fourth-order valence-corrected chi connectivity index (χ4v) is 1.50. The number of nitrogens with two attached hydrogens (primary N) is 2. The van der Waals surface area contributed by atoms with Crippen LogP contribution in [0.5, 0.6) is 0 Å². The van der Waals surface area contributed by atoms with Crippen molar-refractivity contribution in [3.8, 4) is 0 Å². The van der Waals surface area contributed by atoms with Crippen molar-refractivity contribution in [2.45, 2.75) is 32.1 Å². The zero-order chi connectivity index (χ0) is 12.3. The minimum atomic E-state index is 0. The van der Waals surface area contributed by atoms with E-state index in [-0.39, 0.29) is 51.4 Å². The second kappa shape index (κ2) is 12.4. The monoisotopic (exact) mass is 275 g/mol. The van der Waals surface area contributed by atoms with Gasteiger partial charge in [0, 0.05) is 12.3 Å². The summed E-state index contributed by atoms with van der Waals surface area (Å²) >= 11 is 0. The molecule has 1 aromatic rings. The maximum Gasteiger partial charge on any atom is 1.00 e. The number of hydrogen-bond donors (Lipinski definition) is 2. The van der Waals surface area contributed by atoms with E-state index < -0.39 is 0 Å². The number of nitrogen functional groups attached to an aromatic ring is 1. The Labute approximate surface area is 152 Å². The third-order valence-corrected chi connectivity index (χ3v) is 2.50. The van der Waals surface area contributed by atoms with Crippen molar-refractivity contribution in [3.05, 3.63) is 29.7 Å². The van der Waals surface area contributed by atoms with Crippen molar-refractivity contribution < 1.29 is 56.2 Å². The largest absolute Gasteiger partial charge is 1.00 e. The van der Waals surface area contributed by atoms with Gasteiger partial charge in [0.25, 0.3) is 0 Å². The maximum atomic E-state index is 5.57. The van der Waals surface area contributed by atoms with E-state index in [9.17, 15) is 0 Å². The van der Waals surface area contributed by atoms with Crippen molar-refractivity contribution >= 4 is 11.4 Å². The van der Waals surface area contributed by atoms with E-state index in [1.165, 1.54) is 19.3 Å². The maximum absolute atomic E-state index is 5.57. The van der Waals surface area contributed by atoms with Crippen LogP contribution in [-0.2, 0) is 4.84 Å². The Hall–Kier alpha value is 0.376. The van der Waals surface area contributed by atoms with Crippen molar-refractivity contribution in [1.82, 2.24) is 0 Å². The van der Waals surface area contributed by atoms with Gasteiger partial charge in [0.2, 0.25) is 0 Å². The molecule has 0 fully saturated rings. The number of anilines is 1. The Bertz CT molecular complexity index is 293. The van der Waals surface area contributed by atoms with E-state index in [1.807, 2.05) is 24.3 Å². The molecule has 0 aromatic heterocycles. The minimum absolute atomic E-state index is 0. The van der Waals surface area contributed by atoms with Gasteiger partial charge in [-0.1, -0.05) is 31.4 Å². The van der Waals surface area contributed by atoms with Crippen LogP contribution in [0.4, 0.5) is 11.4 Å². The number of rotatable bonds is 9. The van der Waals surface area contributed by atoms with E-state index >= 15 is 0 Å². The Morgan fingerprint density at radius 3 is 2.22 bits per heavy atom. The Kier molecular flexibility index (Phi) is 12.7. The molecular weight excluding hydrogens is 253 g/mol. The van der Waals surface area contributed by atoms with Gasteiger partial charge in [0.1, 0.15) is 0 Å². The second-order valence-corrected chi connectivity index (χ2v) is 4.07. The summed E-state index contributed by atoms with van der Waals surface area (Å²) in [5, 5.41) is 0. The van der Waals surface area contributed by atoms with Crippen LogP contribution >= 0.6 is 0 Å². The molecule has 0 atom stereocenters. The van der Waals surface area contributed by atoms with Gasteiger partial charge in [0.15, 0.2) is 0 Å². The first-order valence-corrected chi connectivity index (χ1v) is 6.21. The molecule has 0 radical (unpaired) electrons. The summed E-state index contributed by atoms with van der Waals surface area (Å²) in [7, 11) is 0. The summed E-state index contributed by atoms with van der Waals surface area (Å²) in [4.78, 5) is 5.23. The SMILES string of the molecule is NCCCCCCCO[N-]c1ccc(N)cc1.[K+]. The van der Waals surface area contributed by atoms with Crippen LogP contribution in [0.25, 0.3) is 5.48 Å².